The summed E-state index contributed by atoms with van der Waals surface area (Å²) >= 11 is 3.55. The summed E-state index contributed by atoms with van der Waals surface area (Å²) in [6.45, 7) is 8.24. The lowest BCUT2D eigenvalue weighted by molar-refractivity contribution is 0.181. The molecule has 0 aromatic carbocycles. The van der Waals surface area contributed by atoms with E-state index >= 15 is 0 Å². The van der Waals surface area contributed by atoms with Crippen molar-refractivity contribution in [2.45, 2.75) is 25.9 Å². The zero-order valence-electron chi connectivity index (χ0n) is 10.4. The van der Waals surface area contributed by atoms with Gasteiger partial charge in [0, 0.05) is 7.11 Å². The number of nitrogens with zero attached hydrogens (tertiary/aromatic N) is 2. The van der Waals surface area contributed by atoms with Crippen molar-refractivity contribution in [3.05, 3.63) is 29.0 Å². The van der Waals surface area contributed by atoms with Gasteiger partial charge in [-0.2, -0.15) is 5.10 Å². The van der Waals surface area contributed by atoms with Gasteiger partial charge < -0.3 is 10.1 Å². The molecule has 0 amide bonds. The second-order valence-corrected chi connectivity index (χ2v) is 4.58. The molecule has 4 nitrogen and oxygen atoms in total. The Labute approximate surface area is 111 Å². The van der Waals surface area contributed by atoms with Gasteiger partial charge in [0.05, 0.1) is 35.6 Å². The summed E-state index contributed by atoms with van der Waals surface area (Å²) in [5, 5.41) is 7.79. The topological polar surface area (TPSA) is 39.1 Å². The van der Waals surface area contributed by atoms with E-state index in [-0.39, 0.29) is 6.04 Å². The highest BCUT2D eigenvalue weighted by atomic mass is 79.9. The Morgan fingerprint density at radius 2 is 2.47 bits per heavy atom. The molecule has 1 aromatic heterocycles. The van der Waals surface area contributed by atoms with Crippen molar-refractivity contribution in [1.82, 2.24) is 15.1 Å². The maximum Gasteiger partial charge on any atom is 0.0699 e. The normalized spacial score (nSPS) is 12.6. The molecule has 0 saturated carbocycles. The minimum absolute atomic E-state index is 0.242. The fourth-order valence-corrected chi connectivity index (χ4v) is 2.35. The van der Waals surface area contributed by atoms with Crippen LogP contribution >= 0.6 is 15.9 Å². The molecule has 0 bridgehead atoms. The number of hydrogen-bond donors (Lipinski definition) is 1. The van der Waals surface area contributed by atoms with E-state index in [1.165, 1.54) is 0 Å². The zero-order chi connectivity index (χ0) is 12.7. The smallest absolute Gasteiger partial charge is 0.0699 e. The summed E-state index contributed by atoms with van der Waals surface area (Å²) < 4.78 is 8.10. The Balaban J connectivity index is 2.90. The van der Waals surface area contributed by atoms with Crippen LogP contribution in [-0.4, -0.2) is 30.0 Å². The summed E-state index contributed by atoms with van der Waals surface area (Å²) in [5.41, 5.74) is 1.16. The molecule has 1 unspecified atom stereocenters. The first-order chi connectivity index (χ1) is 8.24. The van der Waals surface area contributed by atoms with Crippen LogP contribution in [0.2, 0.25) is 0 Å². The lowest BCUT2D eigenvalue weighted by Crippen LogP contribution is -2.24. The highest BCUT2D eigenvalue weighted by Crippen LogP contribution is 2.25. The molecule has 17 heavy (non-hydrogen) atoms. The molecule has 1 aromatic rings. The minimum Gasteiger partial charge on any atom is -0.383 e. The Kier molecular flexibility index (Phi) is 6.47. The summed E-state index contributed by atoms with van der Waals surface area (Å²) in [6, 6.07) is 0.242. The number of halogens is 1. The van der Waals surface area contributed by atoms with Gasteiger partial charge in [0.1, 0.15) is 0 Å². The van der Waals surface area contributed by atoms with Gasteiger partial charge in [0.2, 0.25) is 0 Å². The fraction of sp³-hybridized carbons (Fsp3) is 0.583. The second kappa shape index (κ2) is 7.63. The Morgan fingerprint density at radius 3 is 3.06 bits per heavy atom. The molecule has 5 heteroatoms. The first-order valence-corrected chi connectivity index (χ1v) is 6.58. The van der Waals surface area contributed by atoms with E-state index in [1.54, 1.807) is 7.11 Å². The van der Waals surface area contributed by atoms with Crippen LogP contribution < -0.4 is 5.32 Å². The number of nitrogens with one attached hydrogen (secondary N) is 1. The fourth-order valence-electron chi connectivity index (χ4n) is 1.78. The average Bonchev–Trinajstić information content (AvgIpc) is 2.67. The Morgan fingerprint density at radius 1 is 1.71 bits per heavy atom. The van der Waals surface area contributed by atoms with E-state index < -0.39 is 0 Å². The average molecular weight is 302 g/mol. The first kappa shape index (κ1) is 14.4. The van der Waals surface area contributed by atoms with E-state index in [0.717, 1.165) is 29.7 Å². The molecule has 0 saturated heterocycles. The van der Waals surface area contributed by atoms with Gasteiger partial charge in [-0.1, -0.05) is 13.0 Å². The molecule has 96 valence electrons. The molecule has 0 spiro atoms. The van der Waals surface area contributed by atoms with Gasteiger partial charge in [-0.15, -0.1) is 6.58 Å². The monoisotopic (exact) mass is 301 g/mol. The number of hydrogen-bond acceptors (Lipinski definition) is 3. The Hall–Kier alpha value is -0.650. The standard InChI is InChI=1S/C12H20BrN3O/c1-4-6-11(14-5-2)12-10(13)9-15-16(12)7-8-17-3/h4,9,11,14H,1,5-8H2,2-3H3. The predicted octanol–water partition coefficient (Wildman–Crippen LogP) is 2.52. The molecule has 1 N–H and O–H groups in total. The number of rotatable bonds is 8. The Bertz CT molecular complexity index is 352. The number of methoxy groups -OCH3 is 1. The summed E-state index contributed by atoms with van der Waals surface area (Å²) in [4.78, 5) is 0. The van der Waals surface area contributed by atoms with Crippen molar-refractivity contribution >= 4 is 15.9 Å². The second-order valence-electron chi connectivity index (χ2n) is 3.73. The summed E-state index contributed by atoms with van der Waals surface area (Å²) in [5.74, 6) is 0. The van der Waals surface area contributed by atoms with E-state index in [9.17, 15) is 0 Å². The van der Waals surface area contributed by atoms with Crippen LogP contribution in [-0.2, 0) is 11.3 Å². The van der Waals surface area contributed by atoms with Crippen LogP contribution in [0.25, 0.3) is 0 Å². The van der Waals surface area contributed by atoms with Crippen molar-refractivity contribution in [3.63, 3.8) is 0 Å². The summed E-state index contributed by atoms with van der Waals surface area (Å²) in [6.07, 6.45) is 4.64. The van der Waals surface area contributed by atoms with Crippen LogP contribution in [0.4, 0.5) is 0 Å². The number of ether oxygens (including phenoxy) is 1. The number of aromatic nitrogens is 2. The maximum absolute atomic E-state index is 5.09. The van der Waals surface area contributed by atoms with Crippen LogP contribution in [0.1, 0.15) is 25.1 Å². The third kappa shape index (κ3) is 3.94. The van der Waals surface area contributed by atoms with Crippen molar-refractivity contribution in [3.8, 4) is 0 Å². The maximum atomic E-state index is 5.09. The van der Waals surface area contributed by atoms with Gasteiger partial charge in [0.15, 0.2) is 0 Å². The highest BCUT2D eigenvalue weighted by molar-refractivity contribution is 9.10. The van der Waals surface area contributed by atoms with Crippen LogP contribution in [0, 0.1) is 0 Å². The van der Waals surface area contributed by atoms with Crippen LogP contribution in [0.5, 0.6) is 0 Å². The SMILES string of the molecule is C=CCC(NCC)c1c(Br)cnn1CCOC. The van der Waals surface area contributed by atoms with Crippen molar-refractivity contribution in [2.75, 3.05) is 20.3 Å². The molecular weight excluding hydrogens is 282 g/mol. The van der Waals surface area contributed by atoms with E-state index in [4.69, 9.17) is 4.74 Å². The van der Waals surface area contributed by atoms with E-state index in [1.807, 2.05) is 17.0 Å². The van der Waals surface area contributed by atoms with Gasteiger partial charge in [-0.05, 0) is 28.9 Å². The first-order valence-electron chi connectivity index (χ1n) is 5.79. The molecule has 0 radical (unpaired) electrons. The van der Waals surface area contributed by atoms with Crippen molar-refractivity contribution < 1.29 is 4.74 Å². The van der Waals surface area contributed by atoms with Gasteiger partial charge >= 0.3 is 0 Å². The molecular formula is C12H20BrN3O. The van der Waals surface area contributed by atoms with Crippen molar-refractivity contribution in [2.24, 2.45) is 0 Å². The molecule has 0 fully saturated rings. The van der Waals surface area contributed by atoms with E-state index in [2.05, 4.69) is 39.8 Å². The molecule has 1 atom stereocenters. The van der Waals surface area contributed by atoms with Crippen LogP contribution in [0.15, 0.2) is 23.3 Å². The molecule has 1 rings (SSSR count). The zero-order valence-corrected chi connectivity index (χ0v) is 12.0. The molecule has 0 aliphatic rings. The van der Waals surface area contributed by atoms with Crippen molar-refractivity contribution in [1.29, 1.82) is 0 Å². The van der Waals surface area contributed by atoms with Gasteiger partial charge in [-0.3, -0.25) is 4.68 Å². The van der Waals surface area contributed by atoms with Crippen LogP contribution in [0.3, 0.4) is 0 Å². The highest BCUT2D eigenvalue weighted by Gasteiger charge is 2.17. The third-order valence-electron chi connectivity index (χ3n) is 2.52. The quantitative estimate of drug-likeness (QED) is 0.750. The molecule has 0 aliphatic carbocycles. The molecule has 0 aliphatic heterocycles. The summed E-state index contributed by atoms with van der Waals surface area (Å²) in [7, 11) is 1.70. The van der Waals surface area contributed by atoms with Gasteiger partial charge in [-0.25, -0.2) is 0 Å². The lowest BCUT2D eigenvalue weighted by atomic mass is 10.1. The van der Waals surface area contributed by atoms with Gasteiger partial charge in [0.25, 0.3) is 0 Å². The van der Waals surface area contributed by atoms with E-state index in [0.29, 0.717) is 6.61 Å². The predicted molar refractivity (Wildman–Crippen MR) is 73.0 cm³/mol. The third-order valence-corrected chi connectivity index (χ3v) is 3.13. The lowest BCUT2D eigenvalue weighted by Gasteiger charge is -2.18. The minimum atomic E-state index is 0.242. The molecule has 1 heterocycles. The largest absolute Gasteiger partial charge is 0.383 e.